The van der Waals surface area contributed by atoms with E-state index in [-0.39, 0.29) is 18.1 Å². The number of carbonyl (C=O) groups excluding carboxylic acids is 4. The molecular formula is C26H27BrN2O7S. The van der Waals surface area contributed by atoms with Crippen LogP contribution >= 0.6 is 27.7 Å². The van der Waals surface area contributed by atoms with E-state index in [0.717, 1.165) is 27.8 Å². The summed E-state index contributed by atoms with van der Waals surface area (Å²) in [7, 11) is 0. The van der Waals surface area contributed by atoms with E-state index in [0.29, 0.717) is 33.8 Å². The Balaban J connectivity index is 1.75. The molecule has 0 atom stereocenters. The van der Waals surface area contributed by atoms with Gasteiger partial charge < -0.3 is 19.5 Å². The fraction of sp³-hybridized carbons (Fsp3) is 0.308. The largest absolute Gasteiger partial charge is 0.490 e. The summed E-state index contributed by atoms with van der Waals surface area (Å²) in [6.07, 6.45) is 1.54. The molecule has 3 amide bonds. The molecule has 0 unspecified atom stereocenters. The molecule has 0 spiro atoms. The van der Waals surface area contributed by atoms with Crippen molar-refractivity contribution < 1.29 is 33.4 Å². The first-order chi connectivity index (χ1) is 17.6. The number of hydrogen-bond donors (Lipinski definition) is 1. The van der Waals surface area contributed by atoms with Crippen LogP contribution < -0.4 is 14.8 Å². The summed E-state index contributed by atoms with van der Waals surface area (Å²) < 4.78 is 16.6. The predicted molar refractivity (Wildman–Crippen MR) is 145 cm³/mol. The number of carbonyl (C=O) groups is 4. The van der Waals surface area contributed by atoms with Crippen molar-refractivity contribution in [1.29, 1.82) is 0 Å². The first-order valence-electron chi connectivity index (χ1n) is 11.5. The molecule has 0 radical (unpaired) electrons. The van der Waals surface area contributed by atoms with Crippen molar-refractivity contribution in [2.75, 3.05) is 31.7 Å². The van der Waals surface area contributed by atoms with Gasteiger partial charge in [-0.05, 0) is 102 Å². The Labute approximate surface area is 227 Å². The van der Waals surface area contributed by atoms with Crippen LogP contribution in [0.2, 0.25) is 0 Å². The van der Waals surface area contributed by atoms with Gasteiger partial charge in [-0.25, -0.2) is 4.79 Å². The highest BCUT2D eigenvalue weighted by Crippen LogP contribution is 2.39. The maximum atomic E-state index is 12.9. The van der Waals surface area contributed by atoms with E-state index in [1.165, 1.54) is 6.08 Å². The van der Waals surface area contributed by atoms with E-state index in [2.05, 4.69) is 21.2 Å². The Bertz CT molecular complexity index is 1260. The van der Waals surface area contributed by atoms with E-state index in [1.807, 2.05) is 26.0 Å². The lowest BCUT2D eigenvalue weighted by Crippen LogP contribution is -2.36. The Morgan fingerprint density at radius 1 is 1.05 bits per heavy atom. The number of hydrogen-bond acceptors (Lipinski definition) is 8. The molecule has 0 aromatic heterocycles. The number of aryl methyl sites for hydroxylation is 2. The van der Waals surface area contributed by atoms with E-state index < -0.39 is 29.6 Å². The maximum absolute atomic E-state index is 12.9. The number of imide groups is 1. The van der Waals surface area contributed by atoms with Crippen molar-refractivity contribution in [2.24, 2.45) is 0 Å². The maximum Gasteiger partial charge on any atom is 0.344 e. The van der Waals surface area contributed by atoms with Crippen molar-refractivity contribution in [1.82, 2.24) is 4.90 Å². The van der Waals surface area contributed by atoms with Gasteiger partial charge in [-0.15, -0.1) is 0 Å². The normalized spacial score (nSPS) is 14.2. The van der Waals surface area contributed by atoms with E-state index in [9.17, 15) is 19.2 Å². The standard InChI is InChI=1S/C26H27BrN2O7S/c1-5-34-20-11-17(10-19(27)24(20)36-14-23(31)35-6-2)12-21-25(32)29(26(33)37-21)13-22(30)28-18-8-7-15(3)16(4)9-18/h7-12H,5-6,13-14H2,1-4H3,(H,28,30)/b21-12+. The molecule has 11 heteroatoms. The molecular weight excluding hydrogens is 564 g/mol. The lowest BCUT2D eigenvalue weighted by Gasteiger charge is -2.14. The second-order valence-corrected chi connectivity index (χ2v) is 9.82. The van der Waals surface area contributed by atoms with Crippen molar-refractivity contribution in [3.05, 3.63) is 56.4 Å². The minimum atomic E-state index is -0.568. The lowest BCUT2D eigenvalue weighted by atomic mass is 10.1. The molecule has 196 valence electrons. The first-order valence-corrected chi connectivity index (χ1v) is 13.1. The van der Waals surface area contributed by atoms with Gasteiger partial charge in [0.2, 0.25) is 5.91 Å². The van der Waals surface area contributed by atoms with Crippen molar-refractivity contribution in [2.45, 2.75) is 27.7 Å². The monoisotopic (exact) mass is 590 g/mol. The number of halogens is 1. The predicted octanol–water partition coefficient (Wildman–Crippen LogP) is 5.08. The fourth-order valence-corrected chi connectivity index (χ4v) is 4.77. The Morgan fingerprint density at radius 2 is 1.81 bits per heavy atom. The van der Waals surface area contributed by atoms with Gasteiger partial charge in [-0.1, -0.05) is 6.07 Å². The molecule has 1 aliphatic rings. The van der Waals surface area contributed by atoms with Gasteiger partial charge in [0.25, 0.3) is 11.1 Å². The fourth-order valence-electron chi connectivity index (χ4n) is 3.36. The molecule has 0 saturated carbocycles. The summed E-state index contributed by atoms with van der Waals surface area (Å²) in [6.45, 7) is 7.27. The molecule has 9 nitrogen and oxygen atoms in total. The molecule has 1 heterocycles. The minimum Gasteiger partial charge on any atom is -0.490 e. The van der Waals surface area contributed by atoms with Crippen LogP contribution in [0.25, 0.3) is 6.08 Å². The van der Waals surface area contributed by atoms with Crippen molar-refractivity contribution >= 4 is 62.5 Å². The zero-order valence-electron chi connectivity index (χ0n) is 20.9. The molecule has 2 aromatic carbocycles. The molecule has 1 saturated heterocycles. The third kappa shape index (κ3) is 7.36. The smallest absolute Gasteiger partial charge is 0.344 e. The average Bonchev–Trinajstić information content (AvgIpc) is 3.08. The van der Waals surface area contributed by atoms with Crippen molar-refractivity contribution in [3.63, 3.8) is 0 Å². The molecule has 3 rings (SSSR count). The number of benzene rings is 2. The number of anilines is 1. The summed E-state index contributed by atoms with van der Waals surface area (Å²) in [5.74, 6) is -0.906. The number of rotatable bonds is 10. The number of ether oxygens (including phenoxy) is 3. The summed E-state index contributed by atoms with van der Waals surface area (Å²) in [6, 6.07) is 8.78. The molecule has 1 aliphatic heterocycles. The Hall–Kier alpha value is -3.31. The van der Waals surface area contributed by atoms with Gasteiger partial charge in [0.1, 0.15) is 6.54 Å². The minimum absolute atomic E-state index is 0.165. The first kappa shape index (κ1) is 28.3. The second kappa shape index (κ2) is 12.8. The third-order valence-corrected chi connectivity index (χ3v) is 6.73. The van der Waals surface area contributed by atoms with Gasteiger partial charge in [0.05, 0.1) is 22.6 Å². The van der Waals surface area contributed by atoms with E-state index >= 15 is 0 Å². The summed E-state index contributed by atoms with van der Waals surface area (Å²) >= 11 is 4.16. The van der Waals surface area contributed by atoms with Crippen LogP contribution in [-0.4, -0.2) is 54.3 Å². The highest BCUT2D eigenvalue weighted by molar-refractivity contribution is 9.10. The zero-order valence-corrected chi connectivity index (χ0v) is 23.3. The summed E-state index contributed by atoms with van der Waals surface area (Å²) in [4.78, 5) is 50.7. The van der Waals surface area contributed by atoms with Crippen LogP contribution in [0.5, 0.6) is 11.5 Å². The SMILES string of the molecule is CCOC(=O)COc1c(Br)cc(/C=C2/SC(=O)N(CC(=O)Nc3ccc(C)c(C)c3)C2=O)cc1OCC. The van der Waals surface area contributed by atoms with Gasteiger partial charge in [-0.2, -0.15) is 0 Å². The molecule has 0 bridgehead atoms. The topological polar surface area (TPSA) is 111 Å². The zero-order chi connectivity index (χ0) is 27.1. The van der Waals surface area contributed by atoms with Crippen LogP contribution in [0.3, 0.4) is 0 Å². The Kier molecular flexibility index (Phi) is 9.76. The molecule has 2 aromatic rings. The van der Waals surface area contributed by atoms with Gasteiger partial charge in [-0.3, -0.25) is 19.3 Å². The van der Waals surface area contributed by atoms with E-state index in [1.54, 1.807) is 32.0 Å². The molecule has 0 aliphatic carbocycles. The van der Waals surface area contributed by atoms with Crippen LogP contribution in [0, 0.1) is 13.8 Å². The highest BCUT2D eigenvalue weighted by atomic mass is 79.9. The quantitative estimate of drug-likeness (QED) is 0.301. The van der Waals surface area contributed by atoms with Gasteiger partial charge in [0, 0.05) is 5.69 Å². The Morgan fingerprint density at radius 3 is 2.49 bits per heavy atom. The number of thioether (sulfide) groups is 1. The number of amides is 3. The number of nitrogens with zero attached hydrogens (tertiary/aromatic N) is 1. The molecule has 1 fully saturated rings. The van der Waals surface area contributed by atoms with E-state index in [4.69, 9.17) is 14.2 Å². The van der Waals surface area contributed by atoms with Crippen LogP contribution in [0.1, 0.15) is 30.5 Å². The van der Waals surface area contributed by atoms with Gasteiger partial charge >= 0.3 is 5.97 Å². The van der Waals surface area contributed by atoms with Gasteiger partial charge in [0.15, 0.2) is 18.1 Å². The van der Waals surface area contributed by atoms with Crippen LogP contribution in [0.4, 0.5) is 10.5 Å². The van der Waals surface area contributed by atoms with Crippen LogP contribution in [0.15, 0.2) is 39.7 Å². The molecule has 37 heavy (non-hydrogen) atoms. The highest BCUT2D eigenvalue weighted by Gasteiger charge is 2.36. The van der Waals surface area contributed by atoms with Crippen LogP contribution in [-0.2, 0) is 19.1 Å². The average molecular weight is 591 g/mol. The summed E-state index contributed by atoms with van der Waals surface area (Å²) in [5, 5.41) is 2.19. The number of nitrogens with one attached hydrogen (secondary N) is 1. The van der Waals surface area contributed by atoms with Crippen molar-refractivity contribution in [3.8, 4) is 11.5 Å². The molecule has 1 N–H and O–H groups in total. The lowest BCUT2D eigenvalue weighted by molar-refractivity contribution is -0.145. The summed E-state index contributed by atoms with van der Waals surface area (Å²) in [5.41, 5.74) is 3.26. The third-order valence-electron chi connectivity index (χ3n) is 5.24. The second-order valence-electron chi connectivity index (χ2n) is 7.97. The number of esters is 1.